The van der Waals surface area contributed by atoms with E-state index in [-0.39, 0.29) is 29.3 Å². The molecule has 1 atom stereocenters. The second-order valence-corrected chi connectivity index (χ2v) is 6.79. The number of carbonyl (C=O) groups excluding carboxylic acids is 1. The van der Waals surface area contributed by atoms with Crippen molar-refractivity contribution in [1.29, 1.82) is 0 Å². The summed E-state index contributed by atoms with van der Waals surface area (Å²) in [5.41, 5.74) is 0.958. The van der Waals surface area contributed by atoms with E-state index in [9.17, 15) is 13.2 Å². The number of benzene rings is 1. The van der Waals surface area contributed by atoms with Gasteiger partial charge in [-0.15, -0.1) is 12.4 Å². The second-order valence-electron chi connectivity index (χ2n) is 5.23. The van der Waals surface area contributed by atoms with Crippen molar-refractivity contribution in [2.75, 3.05) is 13.1 Å². The van der Waals surface area contributed by atoms with Crippen molar-refractivity contribution in [1.82, 2.24) is 10.6 Å². The Labute approximate surface area is 137 Å². The van der Waals surface area contributed by atoms with Crippen LogP contribution in [-0.2, 0) is 21.2 Å². The Kier molecular flexibility index (Phi) is 7.28. The topological polar surface area (TPSA) is 101 Å². The highest BCUT2D eigenvalue weighted by Gasteiger charge is 2.19. The van der Waals surface area contributed by atoms with Crippen molar-refractivity contribution in [3.05, 3.63) is 29.8 Å². The molecule has 0 radical (unpaired) electrons. The molecule has 2 rings (SSSR count). The maximum absolute atomic E-state index is 11.9. The third-order valence-electron chi connectivity index (χ3n) is 3.59. The summed E-state index contributed by atoms with van der Waals surface area (Å²) in [4.78, 5) is 12.0. The molecule has 1 heterocycles. The minimum Gasteiger partial charge on any atom is -0.354 e. The van der Waals surface area contributed by atoms with Gasteiger partial charge in [-0.2, -0.15) is 0 Å². The molecule has 1 aliphatic rings. The highest BCUT2D eigenvalue weighted by atomic mass is 35.5. The number of sulfonamides is 1. The van der Waals surface area contributed by atoms with Crippen LogP contribution in [0.4, 0.5) is 0 Å². The summed E-state index contributed by atoms with van der Waals surface area (Å²) in [7, 11) is -3.65. The molecule has 0 aliphatic carbocycles. The first-order chi connectivity index (χ1) is 9.97. The summed E-state index contributed by atoms with van der Waals surface area (Å²) in [5.74, 6) is 0.0378. The third kappa shape index (κ3) is 5.57. The number of halogens is 1. The average Bonchev–Trinajstić information content (AvgIpc) is 2.47. The Bertz CT molecular complexity index is 584. The number of nitrogens with two attached hydrogens (primary N) is 1. The molecule has 0 spiro atoms. The normalized spacial score (nSPS) is 18.3. The van der Waals surface area contributed by atoms with Gasteiger partial charge in [0.25, 0.3) is 0 Å². The van der Waals surface area contributed by atoms with Crippen molar-refractivity contribution in [2.24, 2.45) is 5.14 Å². The van der Waals surface area contributed by atoms with Gasteiger partial charge in [0.1, 0.15) is 0 Å². The molecule has 1 aromatic carbocycles. The SMILES string of the molecule is Cl.NS(=O)(=O)c1ccc(CCNC(=O)[C@H]2CCCCN2)cc1. The summed E-state index contributed by atoms with van der Waals surface area (Å²) in [6.07, 6.45) is 3.75. The van der Waals surface area contributed by atoms with Crippen LogP contribution in [0.1, 0.15) is 24.8 Å². The average molecular weight is 348 g/mol. The fourth-order valence-electron chi connectivity index (χ4n) is 2.37. The van der Waals surface area contributed by atoms with E-state index in [0.29, 0.717) is 13.0 Å². The minimum atomic E-state index is -3.65. The van der Waals surface area contributed by atoms with Crippen LogP contribution < -0.4 is 15.8 Å². The fraction of sp³-hybridized carbons (Fsp3) is 0.500. The Morgan fingerprint density at radius 1 is 1.27 bits per heavy atom. The number of nitrogens with one attached hydrogen (secondary N) is 2. The number of rotatable bonds is 5. The van der Waals surface area contributed by atoms with E-state index in [0.717, 1.165) is 31.4 Å². The molecule has 0 saturated carbocycles. The van der Waals surface area contributed by atoms with E-state index in [1.807, 2.05) is 0 Å². The largest absolute Gasteiger partial charge is 0.354 e. The van der Waals surface area contributed by atoms with Gasteiger partial charge in [0.05, 0.1) is 10.9 Å². The Hall–Kier alpha value is -1.15. The van der Waals surface area contributed by atoms with E-state index in [2.05, 4.69) is 10.6 Å². The first kappa shape index (κ1) is 18.9. The third-order valence-corrected chi connectivity index (χ3v) is 4.52. The molecule has 0 aromatic heterocycles. The maximum atomic E-state index is 11.9. The molecule has 8 heteroatoms. The van der Waals surface area contributed by atoms with E-state index < -0.39 is 10.0 Å². The number of amides is 1. The molecule has 4 N–H and O–H groups in total. The summed E-state index contributed by atoms with van der Waals surface area (Å²) < 4.78 is 22.3. The first-order valence-electron chi connectivity index (χ1n) is 7.09. The molecular formula is C14H22ClN3O3S. The summed E-state index contributed by atoms with van der Waals surface area (Å²) in [5, 5.41) is 11.1. The number of carbonyl (C=O) groups is 1. The summed E-state index contributed by atoms with van der Waals surface area (Å²) >= 11 is 0. The lowest BCUT2D eigenvalue weighted by Crippen LogP contribution is -2.47. The predicted octanol–water partition coefficient (Wildman–Crippen LogP) is 0.557. The molecular weight excluding hydrogens is 326 g/mol. The van der Waals surface area contributed by atoms with Crippen molar-refractivity contribution in [3.63, 3.8) is 0 Å². The molecule has 1 saturated heterocycles. The van der Waals surface area contributed by atoms with Gasteiger partial charge in [-0.25, -0.2) is 13.6 Å². The molecule has 22 heavy (non-hydrogen) atoms. The molecule has 0 bridgehead atoms. The number of hydrogen-bond donors (Lipinski definition) is 3. The van der Waals surface area contributed by atoms with Gasteiger partial charge in [-0.3, -0.25) is 4.79 Å². The molecule has 6 nitrogen and oxygen atoms in total. The zero-order valence-electron chi connectivity index (χ0n) is 12.2. The molecule has 1 amide bonds. The van der Waals surface area contributed by atoms with Crippen LogP contribution in [0, 0.1) is 0 Å². The molecule has 0 unspecified atom stereocenters. The zero-order chi connectivity index (χ0) is 15.3. The van der Waals surface area contributed by atoms with Crippen molar-refractivity contribution in [2.45, 2.75) is 36.6 Å². The molecule has 1 fully saturated rings. The lowest BCUT2D eigenvalue weighted by Gasteiger charge is -2.22. The van der Waals surface area contributed by atoms with Gasteiger partial charge in [0, 0.05) is 6.54 Å². The van der Waals surface area contributed by atoms with Crippen LogP contribution in [0.25, 0.3) is 0 Å². The lowest BCUT2D eigenvalue weighted by molar-refractivity contribution is -0.123. The monoisotopic (exact) mass is 347 g/mol. The van der Waals surface area contributed by atoms with Crippen LogP contribution in [-0.4, -0.2) is 33.5 Å². The Morgan fingerprint density at radius 2 is 1.95 bits per heavy atom. The van der Waals surface area contributed by atoms with Gasteiger partial charge >= 0.3 is 0 Å². The molecule has 1 aliphatic heterocycles. The quantitative estimate of drug-likeness (QED) is 0.724. The standard InChI is InChI=1S/C14H21N3O3S.ClH/c15-21(19,20)12-6-4-11(5-7-12)8-10-17-14(18)13-3-1-2-9-16-13;/h4-7,13,16H,1-3,8-10H2,(H,17,18)(H2,15,19,20);1H/t13-;/m1./s1. The van der Waals surface area contributed by atoms with Crippen LogP contribution >= 0.6 is 12.4 Å². The lowest BCUT2D eigenvalue weighted by atomic mass is 10.0. The second kappa shape index (κ2) is 8.47. The fourth-order valence-corrected chi connectivity index (χ4v) is 2.89. The number of hydrogen-bond acceptors (Lipinski definition) is 4. The van der Waals surface area contributed by atoms with Crippen LogP contribution in [0.15, 0.2) is 29.2 Å². The summed E-state index contributed by atoms with van der Waals surface area (Å²) in [6, 6.07) is 6.31. The van der Waals surface area contributed by atoms with Gasteiger partial charge in [-0.05, 0) is 43.5 Å². The van der Waals surface area contributed by atoms with Gasteiger partial charge in [0.2, 0.25) is 15.9 Å². The number of piperidine rings is 1. The van der Waals surface area contributed by atoms with E-state index in [4.69, 9.17) is 5.14 Å². The highest BCUT2D eigenvalue weighted by Crippen LogP contribution is 2.09. The zero-order valence-corrected chi connectivity index (χ0v) is 13.9. The van der Waals surface area contributed by atoms with Crippen LogP contribution in [0.5, 0.6) is 0 Å². The van der Waals surface area contributed by atoms with Crippen LogP contribution in [0.3, 0.4) is 0 Å². The maximum Gasteiger partial charge on any atom is 0.238 e. The van der Waals surface area contributed by atoms with E-state index in [1.54, 1.807) is 12.1 Å². The van der Waals surface area contributed by atoms with Gasteiger partial charge in [0.15, 0.2) is 0 Å². The summed E-state index contributed by atoms with van der Waals surface area (Å²) in [6.45, 7) is 1.43. The first-order valence-corrected chi connectivity index (χ1v) is 8.64. The smallest absolute Gasteiger partial charge is 0.238 e. The van der Waals surface area contributed by atoms with E-state index in [1.165, 1.54) is 12.1 Å². The highest BCUT2D eigenvalue weighted by molar-refractivity contribution is 7.89. The Balaban J connectivity index is 0.00000242. The van der Waals surface area contributed by atoms with Crippen LogP contribution in [0.2, 0.25) is 0 Å². The number of primary sulfonamides is 1. The van der Waals surface area contributed by atoms with Crippen molar-refractivity contribution in [3.8, 4) is 0 Å². The molecule has 124 valence electrons. The van der Waals surface area contributed by atoms with Crippen molar-refractivity contribution >= 4 is 28.3 Å². The Morgan fingerprint density at radius 3 is 2.50 bits per heavy atom. The van der Waals surface area contributed by atoms with Crippen molar-refractivity contribution < 1.29 is 13.2 Å². The van der Waals surface area contributed by atoms with Gasteiger partial charge < -0.3 is 10.6 Å². The molecule has 1 aromatic rings. The van der Waals surface area contributed by atoms with E-state index >= 15 is 0 Å². The minimum absolute atomic E-state index is 0. The van der Waals surface area contributed by atoms with Gasteiger partial charge in [-0.1, -0.05) is 18.6 Å². The predicted molar refractivity (Wildman–Crippen MR) is 87.4 cm³/mol.